The fraction of sp³-hybridized carbons (Fsp3) is 0.278. The molecule has 126 valence electrons. The minimum atomic E-state index is -0.00972. The van der Waals surface area contributed by atoms with Gasteiger partial charge < -0.3 is 15.4 Å². The van der Waals surface area contributed by atoms with Crippen molar-refractivity contribution in [2.45, 2.75) is 22.3 Å². The molecule has 0 spiro atoms. The molecule has 2 N–H and O–H groups in total. The summed E-state index contributed by atoms with van der Waals surface area (Å²) < 4.78 is 5.36. The van der Waals surface area contributed by atoms with Gasteiger partial charge in [0.1, 0.15) is 0 Å². The van der Waals surface area contributed by atoms with Crippen molar-refractivity contribution in [1.29, 1.82) is 0 Å². The fourth-order valence-corrected chi connectivity index (χ4v) is 3.54. The molecule has 2 aromatic rings. The molecule has 0 aromatic heterocycles. The molecule has 1 aliphatic heterocycles. The van der Waals surface area contributed by atoms with E-state index >= 15 is 0 Å². The second-order valence-electron chi connectivity index (χ2n) is 5.54. The third kappa shape index (κ3) is 4.98. The molecule has 1 heterocycles. The Bertz CT molecular complexity index is 688. The molecule has 6 heteroatoms. The van der Waals surface area contributed by atoms with Gasteiger partial charge in [0.25, 0.3) is 0 Å². The van der Waals surface area contributed by atoms with E-state index in [0.29, 0.717) is 19.6 Å². The number of nitrogens with one attached hydrogen (secondary N) is 2. The third-order valence-electron chi connectivity index (χ3n) is 3.63. The van der Waals surface area contributed by atoms with Gasteiger partial charge in [-0.25, -0.2) is 0 Å². The number of carbonyl (C=O) groups is 1. The standard InChI is InChI=1S/C18H19ClN2O2S/c19-16-3-1-2-4-17(16)24-15-7-5-13(6-8-15)21-18(22)11-14-12-23-10-9-20-14/h1-8,14,20H,9-12H2,(H,21,22). The highest BCUT2D eigenvalue weighted by Gasteiger charge is 2.16. The topological polar surface area (TPSA) is 50.4 Å². The first-order valence-electron chi connectivity index (χ1n) is 7.84. The van der Waals surface area contributed by atoms with Gasteiger partial charge in [0.2, 0.25) is 5.91 Å². The van der Waals surface area contributed by atoms with Crippen molar-refractivity contribution in [2.24, 2.45) is 0 Å². The Kier molecular flexibility index (Phi) is 6.15. The van der Waals surface area contributed by atoms with Gasteiger partial charge in [-0.3, -0.25) is 4.79 Å². The predicted octanol–water partition coefficient (Wildman–Crippen LogP) is 3.81. The molecule has 0 bridgehead atoms. The highest BCUT2D eigenvalue weighted by molar-refractivity contribution is 7.99. The lowest BCUT2D eigenvalue weighted by molar-refractivity contribution is -0.117. The van der Waals surface area contributed by atoms with Crippen LogP contribution in [0, 0.1) is 0 Å². The maximum absolute atomic E-state index is 12.1. The van der Waals surface area contributed by atoms with Gasteiger partial charge in [0.15, 0.2) is 0 Å². The van der Waals surface area contributed by atoms with Gasteiger partial charge in [-0.1, -0.05) is 35.5 Å². The highest BCUT2D eigenvalue weighted by Crippen LogP contribution is 2.33. The second-order valence-corrected chi connectivity index (χ2v) is 7.06. The third-order valence-corrected chi connectivity index (χ3v) is 5.16. The highest BCUT2D eigenvalue weighted by atomic mass is 35.5. The lowest BCUT2D eigenvalue weighted by Crippen LogP contribution is -2.43. The van der Waals surface area contributed by atoms with Crippen LogP contribution in [0.1, 0.15) is 6.42 Å². The minimum Gasteiger partial charge on any atom is -0.378 e. The van der Waals surface area contributed by atoms with Crippen LogP contribution in [0.3, 0.4) is 0 Å². The summed E-state index contributed by atoms with van der Waals surface area (Å²) in [6.07, 6.45) is 0.413. The first-order chi connectivity index (χ1) is 11.7. The molecule has 1 aliphatic rings. The summed E-state index contributed by atoms with van der Waals surface area (Å²) in [6, 6.07) is 15.6. The Labute approximate surface area is 150 Å². The SMILES string of the molecule is O=C(CC1COCCN1)Nc1ccc(Sc2ccccc2Cl)cc1. The zero-order valence-electron chi connectivity index (χ0n) is 13.1. The van der Waals surface area contributed by atoms with E-state index in [4.69, 9.17) is 16.3 Å². The maximum Gasteiger partial charge on any atom is 0.226 e. The van der Waals surface area contributed by atoms with E-state index in [1.54, 1.807) is 11.8 Å². The zero-order chi connectivity index (χ0) is 16.8. The van der Waals surface area contributed by atoms with E-state index in [-0.39, 0.29) is 11.9 Å². The molecule has 1 saturated heterocycles. The molecular formula is C18H19ClN2O2S. The van der Waals surface area contributed by atoms with Crippen molar-refractivity contribution < 1.29 is 9.53 Å². The monoisotopic (exact) mass is 362 g/mol. The molecule has 2 aromatic carbocycles. The average molecular weight is 363 g/mol. The van der Waals surface area contributed by atoms with Crippen molar-refractivity contribution in [2.75, 3.05) is 25.1 Å². The first-order valence-corrected chi connectivity index (χ1v) is 9.03. The van der Waals surface area contributed by atoms with Crippen LogP contribution in [0.4, 0.5) is 5.69 Å². The number of hydrogen-bond donors (Lipinski definition) is 2. The van der Waals surface area contributed by atoms with E-state index in [0.717, 1.165) is 27.0 Å². The maximum atomic E-state index is 12.1. The Hall–Kier alpha value is -1.53. The summed E-state index contributed by atoms with van der Waals surface area (Å²) in [5, 5.41) is 6.94. The van der Waals surface area contributed by atoms with E-state index in [2.05, 4.69) is 10.6 Å². The number of anilines is 1. The van der Waals surface area contributed by atoms with Gasteiger partial charge in [-0.15, -0.1) is 0 Å². The average Bonchev–Trinajstić information content (AvgIpc) is 2.59. The van der Waals surface area contributed by atoms with Gasteiger partial charge in [0, 0.05) is 34.5 Å². The molecular weight excluding hydrogens is 344 g/mol. The van der Waals surface area contributed by atoms with Crippen molar-refractivity contribution in [1.82, 2.24) is 5.32 Å². The number of amides is 1. The summed E-state index contributed by atoms with van der Waals surface area (Å²) in [7, 11) is 0. The normalized spacial score (nSPS) is 17.5. The molecule has 1 atom stereocenters. The number of morpholine rings is 1. The lowest BCUT2D eigenvalue weighted by Gasteiger charge is -2.23. The fourth-order valence-electron chi connectivity index (χ4n) is 2.45. The van der Waals surface area contributed by atoms with E-state index in [1.165, 1.54) is 0 Å². The Morgan fingerprint density at radius 1 is 1.25 bits per heavy atom. The molecule has 24 heavy (non-hydrogen) atoms. The molecule has 4 nitrogen and oxygen atoms in total. The Morgan fingerprint density at radius 2 is 2.04 bits per heavy atom. The molecule has 0 saturated carbocycles. The van der Waals surface area contributed by atoms with Gasteiger partial charge in [-0.05, 0) is 36.4 Å². The lowest BCUT2D eigenvalue weighted by atomic mass is 10.2. The molecule has 1 amide bonds. The van der Waals surface area contributed by atoms with E-state index in [1.807, 2.05) is 48.5 Å². The minimum absolute atomic E-state index is 0.00972. The summed E-state index contributed by atoms with van der Waals surface area (Å²) >= 11 is 7.77. The van der Waals surface area contributed by atoms with Crippen LogP contribution in [0.25, 0.3) is 0 Å². The predicted molar refractivity (Wildman–Crippen MR) is 97.9 cm³/mol. The van der Waals surface area contributed by atoms with Gasteiger partial charge in [-0.2, -0.15) is 0 Å². The van der Waals surface area contributed by atoms with Crippen molar-refractivity contribution in [3.8, 4) is 0 Å². The second kappa shape index (κ2) is 8.53. The molecule has 3 rings (SSSR count). The quantitative estimate of drug-likeness (QED) is 0.849. The summed E-state index contributed by atoms with van der Waals surface area (Å²) in [6.45, 7) is 2.09. The summed E-state index contributed by atoms with van der Waals surface area (Å²) in [5.74, 6) is -0.00972. The van der Waals surface area contributed by atoms with Crippen molar-refractivity contribution in [3.05, 3.63) is 53.6 Å². The zero-order valence-corrected chi connectivity index (χ0v) is 14.7. The summed E-state index contributed by atoms with van der Waals surface area (Å²) in [5.41, 5.74) is 0.792. The van der Waals surface area contributed by atoms with Crippen molar-refractivity contribution in [3.63, 3.8) is 0 Å². The number of rotatable bonds is 5. The van der Waals surface area contributed by atoms with Crippen molar-refractivity contribution >= 4 is 35.0 Å². The summed E-state index contributed by atoms with van der Waals surface area (Å²) in [4.78, 5) is 14.2. The molecule has 1 unspecified atom stereocenters. The number of carbonyl (C=O) groups excluding carboxylic acids is 1. The Morgan fingerprint density at radius 3 is 2.75 bits per heavy atom. The number of ether oxygens (including phenoxy) is 1. The Balaban J connectivity index is 1.54. The molecule has 1 fully saturated rings. The number of hydrogen-bond acceptors (Lipinski definition) is 4. The van der Waals surface area contributed by atoms with Crippen LogP contribution in [0.5, 0.6) is 0 Å². The number of benzene rings is 2. The van der Waals surface area contributed by atoms with Crippen LogP contribution in [-0.4, -0.2) is 31.7 Å². The van der Waals surface area contributed by atoms with Gasteiger partial charge >= 0.3 is 0 Å². The van der Waals surface area contributed by atoms with Gasteiger partial charge in [0.05, 0.1) is 18.2 Å². The van der Waals surface area contributed by atoms with Crippen LogP contribution >= 0.6 is 23.4 Å². The first kappa shape index (κ1) is 17.3. The van der Waals surface area contributed by atoms with E-state index in [9.17, 15) is 4.79 Å². The largest absolute Gasteiger partial charge is 0.378 e. The van der Waals surface area contributed by atoms with Crippen LogP contribution < -0.4 is 10.6 Å². The van der Waals surface area contributed by atoms with E-state index < -0.39 is 0 Å². The smallest absolute Gasteiger partial charge is 0.226 e. The molecule has 0 aliphatic carbocycles. The van der Waals surface area contributed by atoms with Crippen LogP contribution in [-0.2, 0) is 9.53 Å². The molecule has 0 radical (unpaired) electrons. The van der Waals surface area contributed by atoms with Crippen LogP contribution in [0.2, 0.25) is 5.02 Å². The number of halogens is 1. The van der Waals surface area contributed by atoms with Crippen LogP contribution in [0.15, 0.2) is 58.3 Å².